The van der Waals surface area contributed by atoms with Crippen LogP contribution >= 0.6 is 0 Å². The van der Waals surface area contributed by atoms with Crippen LogP contribution in [0.15, 0.2) is 77.7 Å². The molecule has 220 valence electrons. The Labute approximate surface area is 249 Å². The van der Waals surface area contributed by atoms with E-state index in [4.69, 9.17) is 4.98 Å². The standard InChI is InChI=1S/C35H43N5O2/c1-8-21-39(6)22-20-25-12-18-28(19-13-25)36-32-34(42)40(7)23-31(37-32)29-10-9-11-30(24(29)2)38-33(41)26-14-16-27(17-15-26)35(3,4)5/h9-19,23H,8,20-22H2,1-7H3,(H,36,37)(H,38,41). The Hall–Kier alpha value is -4.23. The number of nitrogens with one attached hydrogen (secondary N) is 2. The smallest absolute Gasteiger partial charge is 0.293 e. The van der Waals surface area contributed by atoms with Gasteiger partial charge in [-0.3, -0.25) is 9.59 Å². The Morgan fingerprint density at radius 2 is 1.67 bits per heavy atom. The van der Waals surface area contributed by atoms with Gasteiger partial charge in [0.1, 0.15) is 0 Å². The molecule has 1 amide bonds. The first-order valence-corrected chi connectivity index (χ1v) is 14.6. The normalized spacial score (nSPS) is 11.5. The number of anilines is 3. The second-order valence-corrected chi connectivity index (χ2v) is 12.0. The molecule has 1 aromatic heterocycles. The Balaban J connectivity index is 1.53. The minimum Gasteiger partial charge on any atom is -0.336 e. The van der Waals surface area contributed by atoms with Crippen molar-refractivity contribution in [3.05, 3.63) is 106 Å². The molecule has 4 rings (SSSR count). The summed E-state index contributed by atoms with van der Waals surface area (Å²) in [5, 5.41) is 6.26. The Kier molecular flexibility index (Phi) is 9.63. The first kappa shape index (κ1) is 30.7. The van der Waals surface area contributed by atoms with Crippen molar-refractivity contribution in [1.29, 1.82) is 0 Å². The summed E-state index contributed by atoms with van der Waals surface area (Å²) >= 11 is 0. The molecule has 1 heterocycles. The maximum absolute atomic E-state index is 13.1. The van der Waals surface area contributed by atoms with Crippen LogP contribution in [-0.2, 0) is 18.9 Å². The molecule has 7 nitrogen and oxygen atoms in total. The lowest BCUT2D eigenvalue weighted by Crippen LogP contribution is -2.22. The summed E-state index contributed by atoms with van der Waals surface area (Å²) in [6.45, 7) is 12.7. The number of nitrogens with zero attached hydrogens (tertiary/aromatic N) is 3. The maximum atomic E-state index is 13.1. The van der Waals surface area contributed by atoms with Crippen molar-refractivity contribution < 1.29 is 4.79 Å². The largest absolute Gasteiger partial charge is 0.336 e. The molecule has 4 aromatic rings. The van der Waals surface area contributed by atoms with Crippen molar-refractivity contribution in [2.75, 3.05) is 30.8 Å². The number of rotatable bonds is 10. The van der Waals surface area contributed by atoms with Crippen molar-refractivity contribution >= 4 is 23.1 Å². The summed E-state index contributed by atoms with van der Waals surface area (Å²) in [6, 6.07) is 21.6. The quantitative estimate of drug-likeness (QED) is 0.218. The van der Waals surface area contributed by atoms with Crippen molar-refractivity contribution in [3.8, 4) is 11.3 Å². The number of amides is 1. The molecule has 0 radical (unpaired) electrons. The first-order valence-electron chi connectivity index (χ1n) is 14.6. The van der Waals surface area contributed by atoms with E-state index in [2.05, 4.69) is 62.4 Å². The topological polar surface area (TPSA) is 79.3 Å². The van der Waals surface area contributed by atoms with Gasteiger partial charge >= 0.3 is 0 Å². The number of benzene rings is 3. The maximum Gasteiger partial charge on any atom is 0.293 e. The third kappa shape index (κ3) is 7.53. The summed E-state index contributed by atoms with van der Waals surface area (Å²) in [5.41, 5.74) is 6.66. The van der Waals surface area contributed by atoms with Crippen LogP contribution in [0.2, 0.25) is 0 Å². The number of carbonyl (C=O) groups is 1. The molecule has 2 N–H and O–H groups in total. The van der Waals surface area contributed by atoms with Gasteiger partial charge in [-0.1, -0.05) is 64.1 Å². The van der Waals surface area contributed by atoms with Gasteiger partial charge in [0.05, 0.1) is 5.69 Å². The third-order valence-corrected chi connectivity index (χ3v) is 7.55. The summed E-state index contributed by atoms with van der Waals surface area (Å²) in [7, 11) is 3.86. The minimum atomic E-state index is -0.218. The van der Waals surface area contributed by atoms with Gasteiger partial charge in [-0.15, -0.1) is 0 Å². The molecule has 3 aromatic carbocycles. The Bertz CT molecular complexity index is 1580. The van der Waals surface area contributed by atoms with Crippen molar-refractivity contribution in [1.82, 2.24) is 14.5 Å². The van der Waals surface area contributed by atoms with E-state index < -0.39 is 0 Å². The lowest BCUT2D eigenvalue weighted by Gasteiger charge is -2.19. The summed E-state index contributed by atoms with van der Waals surface area (Å²) < 4.78 is 1.53. The number of carbonyl (C=O) groups excluding carboxylic acids is 1. The molecule has 0 atom stereocenters. The zero-order valence-electron chi connectivity index (χ0n) is 25.9. The SMILES string of the molecule is CCCN(C)CCc1ccc(Nc2nc(-c3cccc(NC(=O)c4ccc(C(C)(C)C)cc4)c3C)cn(C)c2=O)cc1. The molecule has 0 bridgehead atoms. The first-order chi connectivity index (χ1) is 20.0. The Morgan fingerprint density at radius 1 is 0.976 bits per heavy atom. The van der Waals surface area contributed by atoms with Crippen LogP contribution in [-0.4, -0.2) is 40.5 Å². The predicted molar refractivity (Wildman–Crippen MR) is 174 cm³/mol. The van der Waals surface area contributed by atoms with E-state index in [-0.39, 0.29) is 22.7 Å². The van der Waals surface area contributed by atoms with Gasteiger partial charge in [0.15, 0.2) is 5.82 Å². The monoisotopic (exact) mass is 565 g/mol. The number of likely N-dealkylation sites (N-methyl/N-ethyl adjacent to an activating group) is 1. The summed E-state index contributed by atoms with van der Waals surface area (Å²) in [4.78, 5) is 33.1. The molecule has 0 saturated carbocycles. The van der Waals surface area contributed by atoms with E-state index in [1.54, 1.807) is 13.2 Å². The molecule has 7 heteroatoms. The lowest BCUT2D eigenvalue weighted by atomic mass is 9.86. The van der Waals surface area contributed by atoms with Crippen molar-refractivity contribution in [2.24, 2.45) is 7.05 Å². The van der Waals surface area contributed by atoms with Gasteiger partial charge in [0.2, 0.25) is 0 Å². The molecule has 0 spiro atoms. The van der Waals surface area contributed by atoms with Crippen LogP contribution in [0, 0.1) is 6.92 Å². The van der Waals surface area contributed by atoms with Gasteiger partial charge in [-0.05, 0) is 85.8 Å². The second-order valence-electron chi connectivity index (χ2n) is 12.0. The third-order valence-electron chi connectivity index (χ3n) is 7.55. The van der Waals surface area contributed by atoms with E-state index in [1.807, 2.05) is 61.5 Å². The number of aromatic nitrogens is 2. The number of hydrogen-bond acceptors (Lipinski definition) is 5. The van der Waals surface area contributed by atoms with Crippen LogP contribution in [0.4, 0.5) is 17.2 Å². The molecule has 0 fully saturated rings. The van der Waals surface area contributed by atoms with Gasteiger partial charge in [0.25, 0.3) is 11.5 Å². The fraction of sp³-hybridized carbons (Fsp3) is 0.343. The van der Waals surface area contributed by atoms with E-state index in [0.29, 0.717) is 16.9 Å². The second kappa shape index (κ2) is 13.2. The van der Waals surface area contributed by atoms with Gasteiger partial charge in [-0.2, -0.15) is 0 Å². The molecule has 0 aliphatic heterocycles. The highest BCUT2D eigenvalue weighted by molar-refractivity contribution is 6.05. The predicted octanol–water partition coefficient (Wildman–Crippen LogP) is 6.93. The van der Waals surface area contributed by atoms with Gasteiger partial charge in [0, 0.05) is 42.3 Å². The average molecular weight is 566 g/mol. The highest BCUT2D eigenvalue weighted by atomic mass is 16.1. The number of aryl methyl sites for hydroxylation is 1. The molecular weight excluding hydrogens is 522 g/mol. The van der Waals surface area contributed by atoms with Crippen LogP contribution in [0.5, 0.6) is 0 Å². The summed E-state index contributed by atoms with van der Waals surface area (Å²) in [6.07, 6.45) is 3.84. The summed E-state index contributed by atoms with van der Waals surface area (Å²) in [5.74, 6) is 0.0742. The van der Waals surface area contributed by atoms with E-state index >= 15 is 0 Å². The van der Waals surface area contributed by atoms with E-state index in [1.165, 1.54) is 15.7 Å². The highest BCUT2D eigenvalue weighted by Crippen LogP contribution is 2.29. The molecule has 0 unspecified atom stereocenters. The molecular formula is C35H43N5O2. The average Bonchev–Trinajstić information content (AvgIpc) is 2.96. The van der Waals surface area contributed by atoms with Gasteiger partial charge < -0.3 is 20.1 Å². The van der Waals surface area contributed by atoms with Crippen LogP contribution in [0.25, 0.3) is 11.3 Å². The van der Waals surface area contributed by atoms with Crippen LogP contribution in [0.1, 0.15) is 61.2 Å². The van der Waals surface area contributed by atoms with Crippen molar-refractivity contribution in [3.63, 3.8) is 0 Å². The lowest BCUT2D eigenvalue weighted by molar-refractivity contribution is 0.102. The molecule has 42 heavy (non-hydrogen) atoms. The molecule has 0 aliphatic carbocycles. The fourth-order valence-electron chi connectivity index (χ4n) is 4.89. The Morgan fingerprint density at radius 3 is 2.31 bits per heavy atom. The molecule has 0 aliphatic rings. The number of hydrogen-bond donors (Lipinski definition) is 2. The van der Waals surface area contributed by atoms with Crippen molar-refractivity contribution in [2.45, 2.75) is 52.9 Å². The zero-order valence-corrected chi connectivity index (χ0v) is 25.9. The van der Waals surface area contributed by atoms with E-state index in [0.717, 1.165) is 42.7 Å². The van der Waals surface area contributed by atoms with Gasteiger partial charge in [-0.25, -0.2) is 4.98 Å². The molecule has 0 saturated heterocycles. The fourth-order valence-corrected chi connectivity index (χ4v) is 4.89. The van der Waals surface area contributed by atoms with Crippen LogP contribution in [0.3, 0.4) is 0 Å². The van der Waals surface area contributed by atoms with E-state index in [9.17, 15) is 9.59 Å². The highest BCUT2D eigenvalue weighted by Gasteiger charge is 2.16. The van der Waals surface area contributed by atoms with Crippen LogP contribution < -0.4 is 16.2 Å². The zero-order chi connectivity index (χ0) is 30.4. The minimum absolute atomic E-state index is 0.0189.